The molecule has 2 atom stereocenters. The van der Waals surface area contributed by atoms with E-state index in [2.05, 4.69) is 5.32 Å². The average molecular weight is 429 g/mol. The van der Waals surface area contributed by atoms with Crippen LogP contribution in [0.2, 0.25) is 0 Å². The second kappa shape index (κ2) is 12.1. The summed E-state index contributed by atoms with van der Waals surface area (Å²) in [6.45, 7) is 8.31. The fourth-order valence-corrected chi connectivity index (χ4v) is 3.03. The zero-order valence-corrected chi connectivity index (χ0v) is 18.9. The number of amides is 2. The van der Waals surface area contributed by atoms with E-state index in [9.17, 15) is 14.0 Å². The van der Waals surface area contributed by atoms with E-state index in [-0.39, 0.29) is 36.6 Å². The van der Waals surface area contributed by atoms with Crippen LogP contribution in [0.5, 0.6) is 5.75 Å². The van der Waals surface area contributed by atoms with Crippen LogP contribution >= 0.6 is 0 Å². The number of benzene rings is 2. The fourth-order valence-electron chi connectivity index (χ4n) is 3.03. The van der Waals surface area contributed by atoms with E-state index in [0.717, 1.165) is 23.3 Å². The molecule has 0 unspecified atom stereocenters. The van der Waals surface area contributed by atoms with Crippen molar-refractivity contribution in [3.8, 4) is 5.75 Å². The van der Waals surface area contributed by atoms with Gasteiger partial charge in [0.15, 0.2) is 0 Å². The van der Waals surface area contributed by atoms with Gasteiger partial charge in [-0.2, -0.15) is 0 Å². The third-order valence-electron chi connectivity index (χ3n) is 5.26. The van der Waals surface area contributed by atoms with Crippen LogP contribution in [0.1, 0.15) is 51.2 Å². The molecule has 168 valence electrons. The van der Waals surface area contributed by atoms with Gasteiger partial charge in [0.05, 0.1) is 6.61 Å². The van der Waals surface area contributed by atoms with E-state index in [1.165, 1.54) is 12.1 Å². The summed E-state index contributed by atoms with van der Waals surface area (Å²) in [5, 5.41) is 2.94. The van der Waals surface area contributed by atoms with Gasteiger partial charge < -0.3 is 15.0 Å². The van der Waals surface area contributed by atoms with Gasteiger partial charge in [0.1, 0.15) is 17.6 Å². The van der Waals surface area contributed by atoms with Gasteiger partial charge in [-0.05, 0) is 63.4 Å². The highest BCUT2D eigenvalue weighted by Gasteiger charge is 2.26. The fraction of sp³-hybridized carbons (Fsp3) is 0.440. The van der Waals surface area contributed by atoms with Gasteiger partial charge in [0.25, 0.3) is 0 Å². The molecule has 31 heavy (non-hydrogen) atoms. The molecule has 6 heteroatoms. The molecular formula is C25H33FN2O3. The molecule has 2 amide bonds. The first-order chi connectivity index (χ1) is 14.8. The molecule has 2 aromatic rings. The van der Waals surface area contributed by atoms with Crippen LogP contribution in [0.25, 0.3) is 0 Å². The highest BCUT2D eigenvalue weighted by Crippen LogP contribution is 2.15. The van der Waals surface area contributed by atoms with Crippen molar-refractivity contribution in [2.24, 2.45) is 0 Å². The lowest BCUT2D eigenvalue weighted by molar-refractivity contribution is -0.141. The van der Waals surface area contributed by atoms with Crippen LogP contribution in [-0.2, 0) is 16.1 Å². The number of aryl methyl sites for hydroxylation is 1. The lowest BCUT2D eigenvalue weighted by Gasteiger charge is -2.29. The zero-order valence-electron chi connectivity index (χ0n) is 18.9. The van der Waals surface area contributed by atoms with Crippen molar-refractivity contribution in [2.45, 2.75) is 65.6 Å². The Morgan fingerprint density at radius 2 is 1.71 bits per heavy atom. The largest absolute Gasteiger partial charge is 0.494 e. The Balaban J connectivity index is 1.99. The van der Waals surface area contributed by atoms with E-state index in [1.54, 1.807) is 24.0 Å². The normalized spacial score (nSPS) is 12.7. The smallest absolute Gasteiger partial charge is 0.242 e. The molecule has 0 saturated heterocycles. The molecule has 0 aliphatic rings. The number of ether oxygens (including phenoxy) is 1. The van der Waals surface area contributed by atoms with E-state index < -0.39 is 6.04 Å². The second-order valence-corrected chi connectivity index (χ2v) is 7.91. The van der Waals surface area contributed by atoms with Gasteiger partial charge in [-0.1, -0.05) is 36.8 Å². The van der Waals surface area contributed by atoms with Gasteiger partial charge in [-0.3, -0.25) is 9.59 Å². The molecule has 5 nitrogen and oxygen atoms in total. The maximum atomic E-state index is 13.3. The summed E-state index contributed by atoms with van der Waals surface area (Å²) in [5.41, 5.74) is 1.93. The first-order valence-electron chi connectivity index (χ1n) is 10.8. The van der Waals surface area contributed by atoms with Crippen LogP contribution < -0.4 is 10.1 Å². The summed E-state index contributed by atoms with van der Waals surface area (Å²) < 4.78 is 19.0. The van der Waals surface area contributed by atoms with Crippen molar-refractivity contribution >= 4 is 11.8 Å². The molecule has 0 spiro atoms. The van der Waals surface area contributed by atoms with Crippen LogP contribution in [-0.4, -0.2) is 35.4 Å². The monoisotopic (exact) mass is 428 g/mol. The van der Waals surface area contributed by atoms with Crippen molar-refractivity contribution in [1.82, 2.24) is 10.2 Å². The standard InChI is InChI=1S/C25H33FN2O3/c1-5-19(3)27-25(30)20(4)28(17-21-10-12-22(26)13-11-21)24(29)7-6-16-31-23-14-8-18(2)9-15-23/h8-15,19-20H,5-7,16-17H2,1-4H3,(H,27,30)/t19-,20-/m0/s1. The molecule has 0 aliphatic carbocycles. The summed E-state index contributed by atoms with van der Waals surface area (Å²) in [7, 11) is 0. The van der Waals surface area contributed by atoms with Crippen LogP contribution in [0.4, 0.5) is 4.39 Å². The van der Waals surface area contributed by atoms with Gasteiger partial charge >= 0.3 is 0 Å². The lowest BCUT2D eigenvalue weighted by Crippen LogP contribution is -2.49. The molecule has 0 aromatic heterocycles. The minimum absolute atomic E-state index is 0.0284. The summed E-state index contributed by atoms with van der Waals surface area (Å²) in [6, 6.07) is 13.1. The predicted molar refractivity (Wildman–Crippen MR) is 120 cm³/mol. The van der Waals surface area contributed by atoms with E-state index >= 15 is 0 Å². The van der Waals surface area contributed by atoms with Gasteiger partial charge in [0.2, 0.25) is 11.8 Å². The Morgan fingerprint density at radius 3 is 2.32 bits per heavy atom. The number of rotatable bonds is 11. The number of nitrogens with zero attached hydrogens (tertiary/aromatic N) is 1. The third-order valence-corrected chi connectivity index (χ3v) is 5.26. The lowest BCUT2D eigenvalue weighted by atomic mass is 10.1. The Kier molecular flexibility index (Phi) is 9.50. The van der Waals surface area contributed by atoms with Gasteiger partial charge in [-0.25, -0.2) is 4.39 Å². The summed E-state index contributed by atoms with van der Waals surface area (Å²) in [5.74, 6) is 0.101. The molecule has 0 saturated carbocycles. The molecule has 0 heterocycles. The van der Waals surface area contributed by atoms with Crippen LogP contribution in [0.15, 0.2) is 48.5 Å². The molecule has 0 radical (unpaired) electrons. The number of nitrogens with one attached hydrogen (secondary N) is 1. The van der Waals surface area contributed by atoms with Crippen LogP contribution in [0.3, 0.4) is 0 Å². The molecule has 1 N–H and O–H groups in total. The molecule has 0 bridgehead atoms. The highest BCUT2D eigenvalue weighted by molar-refractivity contribution is 5.87. The van der Waals surface area contributed by atoms with E-state index in [1.807, 2.05) is 45.0 Å². The van der Waals surface area contributed by atoms with Crippen molar-refractivity contribution < 1.29 is 18.7 Å². The molecule has 2 aromatic carbocycles. The maximum Gasteiger partial charge on any atom is 0.242 e. The van der Waals surface area contributed by atoms with E-state index in [0.29, 0.717) is 13.0 Å². The number of carbonyl (C=O) groups is 2. The Morgan fingerprint density at radius 1 is 1.06 bits per heavy atom. The molecular weight excluding hydrogens is 395 g/mol. The zero-order chi connectivity index (χ0) is 22.8. The predicted octanol–water partition coefficient (Wildman–Crippen LogP) is 4.63. The first-order valence-corrected chi connectivity index (χ1v) is 10.8. The van der Waals surface area contributed by atoms with Crippen LogP contribution in [0, 0.1) is 12.7 Å². The minimum atomic E-state index is -0.635. The Labute approximate surface area is 184 Å². The summed E-state index contributed by atoms with van der Waals surface area (Å²) in [6.07, 6.45) is 1.60. The third kappa shape index (κ3) is 8.04. The van der Waals surface area contributed by atoms with Crippen molar-refractivity contribution in [1.29, 1.82) is 0 Å². The van der Waals surface area contributed by atoms with Crippen molar-refractivity contribution in [2.75, 3.05) is 6.61 Å². The van der Waals surface area contributed by atoms with E-state index in [4.69, 9.17) is 4.74 Å². The SMILES string of the molecule is CC[C@H](C)NC(=O)[C@H](C)N(Cc1ccc(F)cc1)C(=O)CCCOc1ccc(C)cc1. The molecule has 0 fully saturated rings. The quantitative estimate of drug-likeness (QED) is 0.531. The van der Waals surface area contributed by atoms with Gasteiger partial charge in [0, 0.05) is 19.0 Å². The van der Waals surface area contributed by atoms with Crippen molar-refractivity contribution in [3.05, 3.63) is 65.5 Å². The summed E-state index contributed by atoms with van der Waals surface area (Å²) in [4.78, 5) is 27.2. The second-order valence-electron chi connectivity index (χ2n) is 7.91. The number of hydrogen-bond donors (Lipinski definition) is 1. The Hall–Kier alpha value is -2.89. The number of hydrogen-bond acceptors (Lipinski definition) is 3. The maximum absolute atomic E-state index is 13.3. The Bertz CT molecular complexity index is 837. The summed E-state index contributed by atoms with van der Waals surface area (Å²) >= 11 is 0. The van der Waals surface area contributed by atoms with Gasteiger partial charge in [-0.15, -0.1) is 0 Å². The minimum Gasteiger partial charge on any atom is -0.494 e. The highest BCUT2D eigenvalue weighted by atomic mass is 19.1. The van der Waals surface area contributed by atoms with Crippen molar-refractivity contribution in [3.63, 3.8) is 0 Å². The first kappa shape index (κ1) is 24.4. The number of halogens is 1. The average Bonchev–Trinajstić information content (AvgIpc) is 2.76. The molecule has 2 rings (SSSR count). The topological polar surface area (TPSA) is 58.6 Å². The number of carbonyl (C=O) groups excluding carboxylic acids is 2. The molecule has 0 aliphatic heterocycles.